The number of aliphatic hydroxyl groups excluding tert-OH is 1. The summed E-state index contributed by atoms with van der Waals surface area (Å²) in [4.78, 5) is 19.0. The predicted octanol–water partition coefficient (Wildman–Crippen LogP) is 1.34. The molecule has 2 N–H and O–H groups in total. The van der Waals surface area contributed by atoms with E-state index in [4.69, 9.17) is 10.2 Å². The summed E-state index contributed by atoms with van der Waals surface area (Å²) in [7, 11) is 0. The van der Waals surface area contributed by atoms with Gasteiger partial charge in [-0.15, -0.1) is 0 Å². The summed E-state index contributed by atoms with van der Waals surface area (Å²) >= 11 is 0. The molecule has 0 atom stereocenters. The van der Waals surface area contributed by atoms with Crippen LogP contribution in [0.5, 0.6) is 0 Å². The Hall–Kier alpha value is -2.21. The van der Waals surface area contributed by atoms with Crippen LogP contribution in [-0.2, 0) is 11.4 Å². The molecule has 6 heteroatoms. The molecule has 1 aromatic rings. The average Bonchev–Trinajstić information content (AvgIpc) is 2.29. The Bertz CT molecular complexity index is 389. The SMILES string of the molecule is C=CC(=O)O.O=[N+]([O-])c1ccccc1CO. The van der Waals surface area contributed by atoms with Gasteiger partial charge in [-0.05, 0) is 6.07 Å². The van der Waals surface area contributed by atoms with E-state index in [1.54, 1.807) is 12.1 Å². The first kappa shape index (κ1) is 13.8. The van der Waals surface area contributed by atoms with Gasteiger partial charge in [0, 0.05) is 12.1 Å². The highest BCUT2D eigenvalue weighted by Gasteiger charge is 2.09. The summed E-state index contributed by atoms with van der Waals surface area (Å²) in [6, 6.07) is 6.11. The van der Waals surface area contributed by atoms with E-state index < -0.39 is 10.9 Å². The topological polar surface area (TPSA) is 101 Å². The van der Waals surface area contributed by atoms with Crippen molar-refractivity contribution in [3.05, 3.63) is 52.6 Å². The molecule has 1 aromatic carbocycles. The van der Waals surface area contributed by atoms with Crippen LogP contribution in [0, 0.1) is 10.1 Å². The van der Waals surface area contributed by atoms with Gasteiger partial charge in [-0.25, -0.2) is 4.79 Å². The van der Waals surface area contributed by atoms with Crippen LogP contribution in [0.3, 0.4) is 0 Å². The summed E-state index contributed by atoms with van der Waals surface area (Å²) in [6.45, 7) is 2.67. The Morgan fingerprint density at radius 3 is 2.31 bits per heavy atom. The van der Waals surface area contributed by atoms with Crippen LogP contribution in [0.1, 0.15) is 5.56 Å². The second kappa shape index (κ2) is 7.13. The van der Waals surface area contributed by atoms with Crippen LogP contribution >= 0.6 is 0 Å². The lowest BCUT2D eigenvalue weighted by atomic mass is 10.2. The fourth-order valence-corrected chi connectivity index (χ4v) is 0.823. The molecule has 0 unspecified atom stereocenters. The Labute approximate surface area is 91.6 Å². The number of nitro groups is 1. The third-order valence-corrected chi connectivity index (χ3v) is 1.53. The Kier molecular flexibility index (Phi) is 6.15. The number of aliphatic hydroxyl groups is 1. The molecule has 0 fully saturated rings. The zero-order valence-corrected chi connectivity index (χ0v) is 8.37. The highest BCUT2D eigenvalue weighted by Crippen LogP contribution is 2.16. The van der Waals surface area contributed by atoms with E-state index in [9.17, 15) is 14.9 Å². The third kappa shape index (κ3) is 4.87. The van der Waals surface area contributed by atoms with E-state index in [0.717, 1.165) is 6.08 Å². The predicted molar refractivity (Wildman–Crippen MR) is 56.9 cm³/mol. The number of nitrogens with zero attached hydrogens (tertiary/aromatic N) is 1. The third-order valence-electron chi connectivity index (χ3n) is 1.53. The molecule has 0 heterocycles. The lowest BCUT2D eigenvalue weighted by Crippen LogP contribution is -1.93. The summed E-state index contributed by atoms with van der Waals surface area (Å²) in [5.74, 6) is -0.981. The molecular weight excluding hydrogens is 214 g/mol. The molecule has 0 bridgehead atoms. The van der Waals surface area contributed by atoms with Crippen molar-refractivity contribution in [2.75, 3.05) is 0 Å². The number of carboxylic acid groups (broad SMARTS) is 1. The van der Waals surface area contributed by atoms with Crippen LogP contribution in [0.15, 0.2) is 36.9 Å². The van der Waals surface area contributed by atoms with Gasteiger partial charge in [-0.3, -0.25) is 10.1 Å². The highest BCUT2D eigenvalue weighted by atomic mass is 16.6. The van der Waals surface area contributed by atoms with Crippen molar-refractivity contribution in [1.29, 1.82) is 0 Å². The summed E-state index contributed by atoms with van der Waals surface area (Å²) in [6.07, 6.45) is 0.833. The van der Waals surface area contributed by atoms with E-state index in [-0.39, 0.29) is 12.3 Å². The van der Waals surface area contributed by atoms with Gasteiger partial charge in [0.25, 0.3) is 5.69 Å². The van der Waals surface area contributed by atoms with Crippen molar-refractivity contribution in [3.63, 3.8) is 0 Å². The zero-order valence-electron chi connectivity index (χ0n) is 8.37. The maximum Gasteiger partial charge on any atom is 0.327 e. The first-order chi connectivity index (χ1) is 7.52. The van der Waals surface area contributed by atoms with Crippen LogP contribution in [0.4, 0.5) is 5.69 Å². The van der Waals surface area contributed by atoms with Gasteiger partial charge < -0.3 is 10.2 Å². The first-order valence-corrected chi connectivity index (χ1v) is 4.21. The largest absolute Gasteiger partial charge is 0.478 e. The van der Waals surface area contributed by atoms with Crippen LogP contribution < -0.4 is 0 Å². The minimum Gasteiger partial charge on any atom is -0.478 e. The van der Waals surface area contributed by atoms with Gasteiger partial charge in [0.05, 0.1) is 17.1 Å². The maximum atomic E-state index is 10.3. The van der Waals surface area contributed by atoms with Crippen molar-refractivity contribution in [2.24, 2.45) is 0 Å². The number of carbonyl (C=O) groups is 1. The van der Waals surface area contributed by atoms with Gasteiger partial charge in [-0.1, -0.05) is 18.7 Å². The van der Waals surface area contributed by atoms with E-state index >= 15 is 0 Å². The van der Waals surface area contributed by atoms with E-state index in [1.807, 2.05) is 0 Å². The molecule has 0 saturated carbocycles. The molecule has 0 aliphatic carbocycles. The van der Waals surface area contributed by atoms with Crippen LogP contribution in [-0.4, -0.2) is 21.1 Å². The fourth-order valence-electron chi connectivity index (χ4n) is 0.823. The number of benzene rings is 1. The zero-order chi connectivity index (χ0) is 12.6. The number of hydrogen-bond donors (Lipinski definition) is 2. The molecule has 0 radical (unpaired) electrons. The molecular formula is C10H11NO5. The van der Waals surface area contributed by atoms with Gasteiger partial charge >= 0.3 is 5.97 Å². The smallest absolute Gasteiger partial charge is 0.327 e. The standard InChI is InChI=1S/C7H7NO3.C3H4O2/c9-5-6-3-1-2-4-7(6)8(10)11;1-2-3(4)5/h1-4,9H,5H2;2H,1H2,(H,4,5). The minimum absolute atomic E-state index is 0.0324. The van der Waals surface area contributed by atoms with Gasteiger partial charge in [0.1, 0.15) is 0 Å². The molecule has 0 aliphatic rings. The van der Waals surface area contributed by atoms with Crippen molar-refractivity contribution in [1.82, 2.24) is 0 Å². The molecule has 0 spiro atoms. The Morgan fingerprint density at radius 1 is 1.50 bits per heavy atom. The molecule has 0 amide bonds. The fraction of sp³-hybridized carbons (Fsp3) is 0.100. The van der Waals surface area contributed by atoms with Crippen molar-refractivity contribution in [2.45, 2.75) is 6.61 Å². The van der Waals surface area contributed by atoms with E-state index in [2.05, 4.69) is 6.58 Å². The summed E-state index contributed by atoms with van der Waals surface area (Å²) < 4.78 is 0. The second-order valence-corrected chi connectivity index (χ2v) is 2.59. The number of rotatable bonds is 3. The minimum atomic E-state index is -0.981. The van der Waals surface area contributed by atoms with Crippen molar-refractivity contribution < 1.29 is 19.9 Å². The van der Waals surface area contributed by atoms with Gasteiger partial charge in [-0.2, -0.15) is 0 Å². The maximum absolute atomic E-state index is 10.3. The highest BCUT2D eigenvalue weighted by molar-refractivity contribution is 5.78. The van der Waals surface area contributed by atoms with Crippen LogP contribution in [0.25, 0.3) is 0 Å². The number of hydrogen-bond acceptors (Lipinski definition) is 4. The number of nitro benzene ring substituents is 1. The molecule has 86 valence electrons. The number of aliphatic carboxylic acids is 1. The molecule has 0 aromatic heterocycles. The lowest BCUT2D eigenvalue weighted by Gasteiger charge is -1.96. The number of carboxylic acids is 1. The lowest BCUT2D eigenvalue weighted by molar-refractivity contribution is -0.385. The average molecular weight is 225 g/mol. The van der Waals surface area contributed by atoms with Crippen LogP contribution in [0.2, 0.25) is 0 Å². The number of para-hydroxylation sites is 1. The summed E-state index contributed by atoms with van der Waals surface area (Å²) in [5.41, 5.74) is 0.313. The Morgan fingerprint density at radius 2 is 2.00 bits per heavy atom. The molecule has 1 rings (SSSR count). The van der Waals surface area contributed by atoms with Gasteiger partial charge in [0.2, 0.25) is 0 Å². The normalized spacial score (nSPS) is 8.56. The Balaban J connectivity index is 0.000000385. The molecule has 0 aliphatic heterocycles. The quantitative estimate of drug-likeness (QED) is 0.459. The van der Waals surface area contributed by atoms with Crippen molar-refractivity contribution >= 4 is 11.7 Å². The second-order valence-electron chi connectivity index (χ2n) is 2.59. The van der Waals surface area contributed by atoms with E-state index in [0.29, 0.717) is 5.56 Å². The monoisotopic (exact) mass is 225 g/mol. The molecule has 0 saturated heterocycles. The first-order valence-electron chi connectivity index (χ1n) is 4.21. The van der Waals surface area contributed by atoms with E-state index in [1.165, 1.54) is 12.1 Å². The van der Waals surface area contributed by atoms with Gasteiger partial charge in [0.15, 0.2) is 0 Å². The molecule has 6 nitrogen and oxygen atoms in total. The van der Waals surface area contributed by atoms with Crippen molar-refractivity contribution in [3.8, 4) is 0 Å². The molecule has 16 heavy (non-hydrogen) atoms. The summed E-state index contributed by atoms with van der Waals surface area (Å²) in [5, 5.41) is 26.5.